The second-order valence-electron chi connectivity index (χ2n) is 7.42. The molecule has 1 aliphatic rings. The van der Waals surface area contributed by atoms with Crippen LogP contribution in [0.3, 0.4) is 0 Å². The summed E-state index contributed by atoms with van der Waals surface area (Å²) in [5.41, 5.74) is 8.76. The smallest absolute Gasteiger partial charge is 0.159 e. The largest absolute Gasteiger partial charge is 0.495 e. The zero-order valence-corrected chi connectivity index (χ0v) is 18.6. The quantitative estimate of drug-likeness (QED) is 0.572. The summed E-state index contributed by atoms with van der Waals surface area (Å²) in [6.07, 6.45) is 1.71. The average molecular weight is 460 g/mol. The highest BCUT2D eigenvalue weighted by molar-refractivity contribution is 6.32. The lowest BCUT2D eigenvalue weighted by molar-refractivity contribution is 0.154. The summed E-state index contributed by atoms with van der Waals surface area (Å²) in [6.45, 7) is 1.28. The molecule has 1 aromatic heterocycles. The van der Waals surface area contributed by atoms with Crippen molar-refractivity contribution in [1.82, 2.24) is 10.2 Å². The van der Waals surface area contributed by atoms with Gasteiger partial charge in [0.2, 0.25) is 0 Å². The third-order valence-corrected chi connectivity index (χ3v) is 5.74. The molecule has 31 heavy (non-hydrogen) atoms. The van der Waals surface area contributed by atoms with E-state index in [0.29, 0.717) is 51.9 Å². The van der Waals surface area contributed by atoms with Crippen molar-refractivity contribution in [2.24, 2.45) is 0 Å². The molecule has 0 aliphatic carbocycles. The Morgan fingerprint density at radius 1 is 1.32 bits per heavy atom. The Balaban J connectivity index is 0.00000272. The number of ether oxygens (including phenoxy) is 1. The summed E-state index contributed by atoms with van der Waals surface area (Å²) < 4.78 is 5.22. The summed E-state index contributed by atoms with van der Waals surface area (Å²) in [6, 6.07) is 11.3. The second-order valence-corrected chi connectivity index (χ2v) is 7.83. The molecule has 2 aromatic carbocycles. The van der Waals surface area contributed by atoms with E-state index in [1.165, 1.54) is 0 Å². The molecule has 1 atom stereocenters. The van der Waals surface area contributed by atoms with Crippen LogP contribution < -0.4 is 15.4 Å². The molecule has 1 saturated heterocycles. The Hall–Kier alpha value is -2.79. The minimum Gasteiger partial charge on any atom is -0.495 e. The lowest BCUT2D eigenvalue weighted by Crippen LogP contribution is -2.39. The molecule has 1 fully saturated rings. The molecule has 0 amide bonds. The molecule has 2 heterocycles. The minimum absolute atomic E-state index is 0. The fourth-order valence-corrected chi connectivity index (χ4v) is 4.22. The predicted octanol–water partition coefficient (Wildman–Crippen LogP) is 3.72. The molecule has 3 N–H and O–H groups in total. The van der Waals surface area contributed by atoms with Crippen LogP contribution in [0.25, 0.3) is 10.8 Å². The first kappa shape index (κ1) is 22.9. The highest BCUT2D eigenvalue weighted by Gasteiger charge is 2.23. The minimum atomic E-state index is -0.396. The Labute approximate surface area is 191 Å². The summed E-state index contributed by atoms with van der Waals surface area (Å²) >= 11 is 6.27. The van der Waals surface area contributed by atoms with Crippen LogP contribution in [0, 0.1) is 11.3 Å². The second kappa shape index (κ2) is 9.56. The molecule has 1 unspecified atom stereocenters. The van der Waals surface area contributed by atoms with E-state index in [1.54, 1.807) is 19.2 Å². The number of nitriles is 1. The van der Waals surface area contributed by atoms with Crippen LogP contribution in [-0.4, -0.2) is 41.6 Å². The van der Waals surface area contributed by atoms with Crippen LogP contribution >= 0.6 is 24.0 Å². The number of benzene rings is 2. The van der Waals surface area contributed by atoms with Crippen LogP contribution in [-0.2, 0) is 6.42 Å². The molecule has 0 spiro atoms. The number of methoxy groups -OCH3 is 1. The summed E-state index contributed by atoms with van der Waals surface area (Å²) in [7, 11) is 1.57. The van der Waals surface area contributed by atoms with Gasteiger partial charge in [0.05, 0.1) is 35.2 Å². The maximum Gasteiger partial charge on any atom is 0.159 e. The third kappa shape index (κ3) is 4.47. The number of fused-ring (bicyclic) bond motifs is 1. The number of aliphatic hydroxyl groups excluding tert-OH is 1. The summed E-state index contributed by atoms with van der Waals surface area (Å²) in [4.78, 5) is 2.03. The van der Waals surface area contributed by atoms with Crippen LogP contribution in [0.15, 0.2) is 30.3 Å². The summed E-state index contributed by atoms with van der Waals surface area (Å²) in [5, 5.41) is 30.6. The van der Waals surface area contributed by atoms with E-state index in [-0.39, 0.29) is 12.4 Å². The first-order valence-corrected chi connectivity index (χ1v) is 10.1. The number of anilines is 2. The molecular formula is C22H23Cl2N5O2. The number of halogens is 2. The van der Waals surface area contributed by atoms with Gasteiger partial charge in [-0.2, -0.15) is 10.4 Å². The monoisotopic (exact) mass is 459 g/mol. The lowest BCUT2D eigenvalue weighted by Gasteiger charge is -2.31. The first-order chi connectivity index (χ1) is 14.5. The average Bonchev–Trinajstić information content (AvgIpc) is 2.74. The maximum absolute atomic E-state index is 10.1. The normalized spacial score (nSPS) is 15.9. The number of aromatic nitrogens is 2. The molecule has 0 radical (unpaired) electrons. The van der Waals surface area contributed by atoms with E-state index in [9.17, 15) is 10.4 Å². The Bertz CT molecular complexity index is 1150. The van der Waals surface area contributed by atoms with E-state index in [0.717, 1.165) is 30.3 Å². The van der Waals surface area contributed by atoms with Crippen LogP contribution in [0.1, 0.15) is 29.7 Å². The Kier molecular flexibility index (Phi) is 7.06. The van der Waals surface area contributed by atoms with Gasteiger partial charge in [0.15, 0.2) is 5.82 Å². The number of β-amino-alcohol motifs (C(OH)–C–C–N with tert-alkyl or cyclic N) is 1. The van der Waals surface area contributed by atoms with Gasteiger partial charge in [0.25, 0.3) is 0 Å². The molecule has 7 nitrogen and oxygen atoms in total. The fourth-order valence-electron chi connectivity index (χ4n) is 3.94. The molecule has 4 rings (SSSR count). The number of nitrogen functional groups attached to an aromatic ring is 1. The highest BCUT2D eigenvalue weighted by atomic mass is 35.5. The SMILES string of the molecule is COc1ccc(Cc2nnc(N3CCCC(O)C3)c3ccc(C#N)c(N)c23)cc1Cl.Cl. The van der Waals surface area contributed by atoms with Gasteiger partial charge in [-0.1, -0.05) is 17.7 Å². The van der Waals surface area contributed by atoms with Crippen molar-refractivity contribution in [3.05, 3.63) is 52.2 Å². The number of hydrogen-bond acceptors (Lipinski definition) is 7. The van der Waals surface area contributed by atoms with Gasteiger partial charge in [0, 0.05) is 30.3 Å². The van der Waals surface area contributed by atoms with E-state index in [2.05, 4.69) is 16.3 Å². The zero-order chi connectivity index (χ0) is 21.3. The number of aliphatic hydroxyl groups is 1. The van der Waals surface area contributed by atoms with Crippen molar-refractivity contribution in [2.75, 3.05) is 30.8 Å². The number of rotatable bonds is 4. The number of hydrogen-bond donors (Lipinski definition) is 2. The van der Waals surface area contributed by atoms with Crippen LogP contribution in [0.4, 0.5) is 11.5 Å². The van der Waals surface area contributed by atoms with E-state index in [1.807, 2.05) is 23.1 Å². The fraction of sp³-hybridized carbons (Fsp3) is 0.318. The van der Waals surface area contributed by atoms with Crippen molar-refractivity contribution >= 4 is 46.3 Å². The van der Waals surface area contributed by atoms with E-state index < -0.39 is 6.10 Å². The molecule has 9 heteroatoms. The van der Waals surface area contributed by atoms with Gasteiger partial charge in [0.1, 0.15) is 11.8 Å². The van der Waals surface area contributed by atoms with Crippen LogP contribution in [0.2, 0.25) is 5.02 Å². The summed E-state index contributed by atoms with van der Waals surface area (Å²) in [5.74, 6) is 1.28. The number of nitrogens with zero attached hydrogens (tertiary/aromatic N) is 4. The zero-order valence-electron chi connectivity index (χ0n) is 17.0. The van der Waals surface area contributed by atoms with Crippen molar-refractivity contribution in [1.29, 1.82) is 5.26 Å². The van der Waals surface area contributed by atoms with Gasteiger partial charge in [-0.3, -0.25) is 0 Å². The van der Waals surface area contributed by atoms with Gasteiger partial charge in [-0.25, -0.2) is 0 Å². The van der Waals surface area contributed by atoms with E-state index >= 15 is 0 Å². The molecule has 162 valence electrons. The van der Waals surface area contributed by atoms with Crippen molar-refractivity contribution in [2.45, 2.75) is 25.4 Å². The van der Waals surface area contributed by atoms with Gasteiger partial charge >= 0.3 is 0 Å². The van der Waals surface area contributed by atoms with Crippen LogP contribution in [0.5, 0.6) is 5.75 Å². The predicted molar refractivity (Wildman–Crippen MR) is 124 cm³/mol. The lowest BCUT2D eigenvalue weighted by atomic mass is 9.99. The third-order valence-electron chi connectivity index (χ3n) is 5.44. The van der Waals surface area contributed by atoms with Crippen molar-refractivity contribution < 1.29 is 9.84 Å². The van der Waals surface area contributed by atoms with Crippen molar-refractivity contribution in [3.63, 3.8) is 0 Å². The molecule has 0 bridgehead atoms. The standard InChI is InChI=1S/C22H22ClN5O2.ClH/c1-30-19-7-4-13(9-17(19)23)10-18-20-16(6-5-14(11-24)21(20)25)22(27-26-18)28-8-2-3-15(29)12-28;/h4-7,9,15,29H,2-3,8,10,12,25H2,1H3;1H. The Morgan fingerprint density at radius 3 is 2.81 bits per heavy atom. The van der Waals surface area contributed by atoms with Gasteiger partial charge in [-0.15, -0.1) is 17.5 Å². The Morgan fingerprint density at radius 2 is 2.13 bits per heavy atom. The molecule has 1 aliphatic heterocycles. The molecular weight excluding hydrogens is 437 g/mol. The number of nitrogens with two attached hydrogens (primary N) is 1. The maximum atomic E-state index is 10.1. The molecule has 0 saturated carbocycles. The van der Waals surface area contributed by atoms with Gasteiger partial charge in [-0.05, 0) is 42.7 Å². The molecule has 3 aromatic rings. The van der Waals surface area contributed by atoms with Gasteiger partial charge < -0.3 is 20.5 Å². The number of piperidine rings is 1. The highest BCUT2D eigenvalue weighted by Crippen LogP contribution is 2.35. The van der Waals surface area contributed by atoms with E-state index in [4.69, 9.17) is 22.1 Å². The van der Waals surface area contributed by atoms with Crippen molar-refractivity contribution in [3.8, 4) is 11.8 Å². The topological polar surface area (TPSA) is 108 Å². The first-order valence-electron chi connectivity index (χ1n) is 9.75.